The van der Waals surface area contributed by atoms with Crippen molar-refractivity contribution in [2.24, 2.45) is 5.84 Å². The maximum Gasteiger partial charge on any atom is 0.161 e. The van der Waals surface area contributed by atoms with Gasteiger partial charge in [-0.25, -0.2) is 10.8 Å². The third-order valence-electron chi connectivity index (χ3n) is 2.59. The van der Waals surface area contributed by atoms with Crippen molar-refractivity contribution in [1.82, 2.24) is 4.98 Å². The molecule has 6 nitrogen and oxygen atoms in total. The maximum absolute atomic E-state index is 9.00. The summed E-state index contributed by atoms with van der Waals surface area (Å²) in [5.74, 6) is 5.88. The van der Waals surface area contributed by atoms with Crippen LogP contribution in [0.3, 0.4) is 0 Å². The van der Waals surface area contributed by atoms with Crippen LogP contribution >= 0.6 is 23.2 Å². The van der Waals surface area contributed by atoms with Crippen molar-refractivity contribution in [3.05, 3.63) is 45.4 Å². The first kappa shape index (κ1) is 14.9. The molecule has 1 aromatic heterocycles. The first-order valence-electron chi connectivity index (χ1n) is 5.63. The highest BCUT2D eigenvalue weighted by molar-refractivity contribution is 6.37. The Kier molecular flexibility index (Phi) is 4.46. The van der Waals surface area contributed by atoms with E-state index in [4.69, 9.17) is 39.6 Å². The monoisotopic (exact) mass is 318 g/mol. The van der Waals surface area contributed by atoms with E-state index in [2.05, 4.69) is 15.7 Å². The van der Waals surface area contributed by atoms with Crippen LogP contribution in [0.5, 0.6) is 0 Å². The van der Waals surface area contributed by atoms with Gasteiger partial charge in [0.2, 0.25) is 0 Å². The highest BCUT2D eigenvalue weighted by Gasteiger charge is 2.10. The van der Waals surface area contributed by atoms with Crippen LogP contribution in [0.15, 0.2) is 24.3 Å². The van der Waals surface area contributed by atoms with Gasteiger partial charge in [0.15, 0.2) is 11.6 Å². The van der Waals surface area contributed by atoms with Crippen LogP contribution in [0.4, 0.5) is 17.3 Å². The van der Waals surface area contributed by atoms with Gasteiger partial charge in [-0.1, -0.05) is 23.2 Å². The number of nitrogen functional groups attached to an aromatic ring is 1. The zero-order valence-corrected chi connectivity index (χ0v) is 12.0. The highest BCUT2D eigenvalue weighted by atomic mass is 35.5. The summed E-state index contributed by atoms with van der Waals surface area (Å²) in [4.78, 5) is 4.12. The number of hydrogen-bond donors (Lipinski definition) is 3. The summed E-state index contributed by atoms with van der Waals surface area (Å²) in [5.41, 5.74) is 3.46. The number of rotatable bonds is 3. The van der Waals surface area contributed by atoms with Crippen molar-refractivity contribution in [2.45, 2.75) is 0 Å². The average Bonchev–Trinajstić information content (AvgIpc) is 2.49. The lowest BCUT2D eigenvalue weighted by Crippen LogP contribution is -2.10. The van der Waals surface area contributed by atoms with Crippen molar-refractivity contribution >= 4 is 40.5 Å². The van der Waals surface area contributed by atoms with Gasteiger partial charge in [0.1, 0.15) is 12.1 Å². The fraction of sp³-hybridized carbons (Fsp3) is 0. The van der Waals surface area contributed by atoms with Crippen molar-refractivity contribution in [3.8, 4) is 12.1 Å². The molecule has 0 atom stereocenters. The Hall–Kier alpha value is -2.51. The molecule has 0 bridgehead atoms. The second kappa shape index (κ2) is 6.29. The number of nitriles is 2. The van der Waals surface area contributed by atoms with Crippen LogP contribution in [0, 0.1) is 22.7 Å². The Balaban J connectivity index is 2.39. The topological polar surface area (TPSA) is 111 Å². The number of nitrogens with two attached hydrogens (primary N) is 1. The highest BCUT2D eigenvalue weighted by Crippen LogP contribution is 2.30. The van der Waals surface area contributed by atoms with Gasteiger partial charge < -0.3 is 10.7 Å². The summed E-state index contributed by atoms with van der Waals surface area (Å²) in [6.45, 7) is 0. The fourth-order valence-corrected chi connectivity index (χ4v) is 2.06. The molecule has 8 heteroatoms. The molecule has 0 aliphatic heterocycles. The molecule has 104 valence electrons. The summed E-state index contributed by atoms with van der Waals surface area (Å²) < 4.78 is 0. The minimum Gasteiger partial charge on any atom is -0.339 e. The third-order valence-corrected chi connectivity index (χ3v) is 3.17. The van der Waals surface area contributed by atoms with Gasteiger partial charge in [-0.15, -0.1) is 0 Å². The molecule has 0 radical (unpaired) electrons. The van der Waals surface area contributed by atoms with E-state index >= 15 is 0 Å². The summed E-state index contributed by atoms with van der Waals surface area (Å²) in [6.07, 6.45) is 0. The standard InChI is InChI=1S/C13H8Cl2N6/c14-10-4-11(15)13(21-18)20-12(10)19-9-2-1-7(5-16)8(3-9)6-17/h1-4H,18H2,(H2,19,20,21). The number of hydrogen-bond acceptors (Lipinski definition) is 6. The van der Waals surface area contributed by atoms with E-state index in [1.807, 2.05) is 12.1 Å². The molecular formula is C13H8Cl2N6. The van der Waals surface area contributed by atoms with E-state index in [9.17, 15) is 0 Å². The van der Waals surface area contributed by atoms with E-state index in [1.165, 1.54) is 18.2 Å². The molecule has 2 aromatic rings. The smallest absolute Gasteiger partial charge is 0.161 e. The number of benzene rings is 1. The van der Waals surface area contributed by atoms with Crippen LogP contribution < -0.4 is 16.6 Å². The van der Waals surface area contributed by atoms with Crippen molar-refractivity contribution in [1.29, 1.82) is 10.5 Å². The molecule has 4 N–H and O–H groups in total. The normalized spacial score (nSPS) is 9.57. The van der Waals surface area contributed by atoms with Crippen molar-refractivity contribution in [2.75, 3.05) is 10.7 Å². The molecule has 0 fully saturated rings. The Bertz CT molecular complexity index is 775. The number of halogens is 2. The lowest BCUT2D eigenvalue weighted by molar-refractivity contribution is 1.22. The van der Waals surface area contributed by atoms with E-state index < -0.39 is 0 Å². The summed E-state index contributed by atoms with van der Waals surface area (Å²) in [6, 6.07) is 10.1. The predicted molar refractivity (Wildman–Crippen MR) is 81.2 cm³/mol. The first-order chi connectivity index (χ1) is 10.1. The van der Waals surface area contributed by atoms with Gasteiger partial charge in [0, 0.05) is 5.69 Å². The molecule has 1 aromatic carbocycles. The molecule has 2 rings (SSSR count). The zero-order chi connectivity index (χ0) is 15.4. The molecule has 21 heavy (non-hydrogen) atoms. The predicted octanol–water partition coefficient (Wildman–Crippen LogP) is 3.16. The average molecular weight is 319 g/mol. The van der Waals surface area contributed by atoms with E-state index in [0.29, 0.717) is 22.1 Å². The molecule has 0 amide bonds. The molecular weight excluding hydrogens is 311 g/mol. The van der Waals surface area contributed by atoms with E-state index in [-0.39, 0.29) is 16.4 Å². The Morgan fingerprint density at radius 1 is 1.00 bits per heavy atom. The van der Waals surface area contributed by atoms with Crippen LogP contribution in [-0.4, -0.2) is 4.98 Å². The molecule has 1 heterocycles. The number of anilines is 3. The van der Waals surface area contributed by atoms with Gasteiger partial charge in [-0.05, 0) is 24.3 Å². The van der Waals surface area contributed by atoms with Crippen LogP contribution in [-0.2, 0) is 0 Å². The van der Waals surface area contributed by atoms with E-state index in [1.54, 1.807) is 6.07 Å². The second-order valence-corrected chi connectivity index (χ2v) is 4.72. The molecule has 0 saturated heterocycles. The Morgan fingerprint density at radius 2 is 1.67 bits per heavy atom. The number of pyridine rings is 1. The number of nitrogens with one attached hydrogen (secondary N) is 2. The lowest BCUT2D eigenvalue weighted by Gasteiger charge is -2.11. The molecule has 0 unspecified atom stereocenters. The molecule has 0 aliphatic carbocycles. The second-order valence-electron chi connectivity index (χ2n) is 3.90. The fourth-order valence-electron chi connectivity index (χ4n) is 1.60. The van der Waals surface area contributed by atoms with Gasteiger partial charge in [0.05, 0.1) is 21.2 Å². The van der Waals surface area contributed by atoms with Crippen LogP contribution in [0.25, 0.3) is 0 Å². The number of hydrazine groups is 1. The van der Waals surface area contributed by atoms with Crippen molar-refractivity contribution < 1.29 is 0 Å². The number of aromatic nitrogens is 1. The summed E-state index contributed by atoms with van der Waals surface area (Å²) in [7, 11) is 0. The van der Waals surface area contributed by atoms with E-state index in [0.717, 1.165) is 0 Å². The van der Waals surface area contributed by atoms with Gasteiger partial charge in [-0.3, -0.25) is 0 Å². The summed E-state index contributed by atoms with van der Waals surface area (Å²) >= 11 is 11.9. The van der Waals surface area contributed by atoms with Gasteiger partial charge >= 0.3 is 0 Å². The SMILES string of the molecule is N#Cc1ccc(Nc2nc(NN)c(Cl)cc2Cl)cc1C#N. The Morgan fingerprint density at radius 3 is 2.29 bits per heavy atom. The summed E-state index contributed by atoms with van der Waals surface area (Å²) in [5, 5.41) is 21.4. The maximum atomic E-state index is 9.00. The van der Waals surface area contributed by atoms with Crippen molar-refractivity contribution in [3.63, 3.8) is 0 Å². The van der Waals surface area contributed by atoms with Gasteiger partial charge in [-0.2, -0.15) is 10.5 Å². The molecule has 0 saturated carbocycles. The minimum atomic E-state index is 0.254. The first-order valence-corrected chi connectivity index (χ1v) is 6.38. The quantitative estimate of drug-likeness (QED) is 0.592. The molecule has 0 aliphatic rings. The lowest BCUT2D eigenvalue weighted by atomic mass is 10.1. The minimum absolute atomic E-state index is 0.254. The Labute approximate surface area is 130 Å². The van der Waals surface area contributed by atoms with Crippen LogP contribution in [0.2, 0.25) is 10.0 Å². The zero-order valence-electron chi connectivity index (χ0n) is 10.5. The number of nitrogens with zero attached hydrogens (tertiary/aromatic N) is 3. The van der Waals surface area contributed by atoms with Gasteiger partial charge in [0.25, 0.3) is 0 Å². The largest absolute Gasteiger partial charge is 0.339 e. The third kappa shape index (κ3) is 3.15. The molecule has 0 spiro atoms. The van der Waals surface area contributed by atoms with Crippen LogP contribution in [0.1, 0.15) is 11.1 Å².